The maximum Gasteiger partial charge on any atom is 0.387 e. The Morgan fingerprint density at radius 2 is 1.96 bits per heavy atom. The number of pyridine rings is 1. The van der Waals surface area contributed by atoms with Gasteiger partial charge in [0.1, 0.15) is 5.75 Å². The van der Waals surface area contributed by atoms with E-state index in [0.29, 0.717) is 16.4 Å². The molecule has 3 rings (SSSR count). The van der Waals surface area contributed by atoms with Crippen LogP contribution in [0.4, 0.5) is 18.3 Å². The third-order valence-electron chi connectivity index (χ3n) is 3.36. The van der Waals surface area contributed by atoms with Crippen molar-refractivity contribution in [1.29, 1.82) is 0 Å². The van der Waals surface area contributed by atoms with Crippen LogP contribution in [0.15, 0.2) is 42.6 Å². The van der Waals surface area contributed by atoms with E-state index in [1.165, 1.54) is 35.7 Å². The zero-order chi connectivity index (χ0) is 18.7. The summed E-state index contributed by atoms with van der Waals surface area (Å²) in [5, 5.41) is 2.94. The lowest BCUT2D eigenvalue weighted by molar-refractivity contribution is -0.0498. The summed E-state index contributed by atoms with van der Waals surface area (Å²) in [6.07, 6.45) is 1.20. The predicted molar refractivity (Wildman–Crippen MR) is 91.1 cm³/mol. The number of aryl methyl sites for hydroxylation is 1. The Morgan fingerprint density at radius 3 is 2.62 bits per heavy atom. The minimum Gasteiger partial charge on any atom is -0.435 e. The van der Waals surface area contributed by atoms with Crippen LogP contribution in [0.2, 0.25) is 0 Å². The summed E-state index contributed by atoms with van der Waals surface area (Å²) in [6, 6.07) is 8.45. The molecule has 2 aromatic heterocycles. The molecule has 0 saturated carbocycles. The van der Waals surface area contributed by atoms with Gasteiger partial charge in [0.05, 0.1) is 5.69 Å². The number of nitrogens with zero attached hydrogens (tertiary/aromatic N) is 2. The van der Waals surface area contributed by atoms with Crippen molar-refractivity contribution in [1.82, 2.24) is 9.97 Å². The van der Waals surface area contributed by atoms with E-state index in [2.05, 4.69) is 20.0 Å². The average Bonchev–Trinajstić information content (AvgIpc) is 2.95. The molecule has 0 bridgehead atoms. The number of thiazole rings is 1. The third kappa shape index (κ3) is 4.17. The second-order valence-electron chi connectivity index (χ2n) is 5.15. The molecule has 0 aliphatic rings. The number of nitrogens with one attached hydrogen (secondary N) is 1. The Kier molecular flexibility index (Phi) is 5.17. The number of benzene rings is 1. The van der Waals surface area contributed by atoms with E-state index in [-0.39, 0.29) is 11.3 Å². The van der Waals surface area contributed by atoms with Gasteiger partial charge in [-0.05, 0) is 37.3 Å². The smallest absolute Gasteiger partial charge is 0.387 e. The molecule has 0 radical (unpaired) electrons. The standard InChI is InChI=1S/C17H12F3N3O2S/c1-9-14(10-2-4-12(5-3-10)25-16(19)20)22-17(26-9)23-15(24)11-6-7-21-13(18)8-11/h2-8,16H,1H3,(H,22,23,24). The number of carbonyl (C=O) groups excluding carboxylic acids is 1. The van der Waals surface area contributed by atoms with E-state index in [1.54, 1.807) is 12.1 Å². The van der Waals surface area contributed by atoms with E-state index < -0.39 is 18.5 Å². The molecule has 26 heavy (non-hydrogen) atoms. The zero-order valence-corrected chi connectivity index (χ0v) is 14.2. The number of anilines is 1. The lowest BCUT2D eigenvalue weighted by Gasteiger charge is -2.05. The van der Waals surface area contributed by atoms with Crippen molar-refractivity contribution in [2.45, 2.75) is 13.5 Å². The Labute approximate surface area is 150 Å². The summed E-state index contributed by atoms with van der Waals surface area (Å²) < 4.78 is 41.8. The van der Waals surface area contributed by atoms with Gasteiger partial charge in [-0.3, -0.25) is 10.1 Å². The molecule has 0 spiro atoms. The third-order valence-corrected chi connectivity index (χ3v) is 4.24. The maximum atomic E-state index is 13.1. The molecular weight excluding hydrogens is 367 g/mol. The van der Waals surface area contributed by atoms with Gasteiger partial charge in [-0.2, -0.15) is 13.2 Å². The highest BCUT2D eigenvalue weighted by Crippen LogP contribution is 2.31. The van der Waals surface area contributed by atoms with Gasteiger partial charge in [-0.1, -0.05) is 0 Å². The molecule has 5 nitrogen and oxygen atoms in total. The summed E-state index contributed by atoms with van der Waals surface area (Å²) in [6.45, 7) is -1.07. The maximum absolute atomic E-state index is 13.1. The number of ether oxygens (including phenoxy) is 1. The highest BCUT2D eigenvalue weighted by molar-refractivity contribution is 7.16. The summed E-state index contributed by atoms with van der Waals surface area (Å²) in [4.78, 5) is 20.7. The molecule has 0 aliphatic carbocycles. The topological polar surface area (TPSA) is 64.1 Å². The monoisotopic (exact) mass is 379 g/mol. The van der Waals surface area contributed by atoms with Gasteiger partial charge < -0.3 is 4.74 Å². The van der Waals surface area contributed by atoms with Gasteiger partial charge in [0.15, 0.2) is 5.13 Å². The van der Waals surface area contributed by atoms with E-state index in [4.69, 9.17) is 0 Å². The first kappa shape index (κ1) is 17.9. The molecule has 0 atom stereocenters. The number of carbonyl (C=O) groups is 1. The number of halogens is 3. The van der Waals surface area contributed by atoms with Crippen molar-refractivity contribution >= 4 is 22.4 Å². The van der Waals surface area contributed by atoms with Gasteiger partial charge in [-0.15, -0.1) is 11.3 Å². The molecule has 3 aromatic rings. The van der Waals surface area contributed by atoms with Crippen LogP contribution < -0.4 is 10.1 Å². The molecule has 1 amide bonds. The number of hydrogen-bond donors (Lipinski definition) is 1. The normalized spacial score (nSPS) is 10.8. The molecule has 134 valence electrons. The first-order valence-corrected chi connectivity index (χ1v) is 8.19. The fourth-order valence-corrected chi connectivity index (χ4v) is 3.06. The molecule has 0 unspecified atom stereocenters. The van der Waals surface area contributed by atoms with Crippen molar-refractivity contribution in [3.05, 3.63) is 59.0 Å². The Balaban J connectivity index is 1.77. The van der Waals surface area contributed by atoms with Gasteiger partial charge in [0, 0.05) is 28.3 Å². The summed E-state index contributed by atoms with van der Waals surface area (Å²) >= 11 is 1.25. The second kappa shape index (κ2) is 7.52. The fraction of sp³-hybridized carbons (Fsp3) is 0.118. The Bertz CT molecular complexity index is 929. The minimum atomic E-state index is -2.89. The first-order valence-electron chi connectivity index (χ1n) is 7.38. The van der Waals surface area contributed by atoms with Crippen molar-refractivity contribution in [2.24, 2.45) is 0 Å². The molecule has 1 N–H and O–H groups in total. The van der Waals surface area contributed by atoms with Crippen molar-refractivity contribution in [3.63, 3.8) is 0 Å². The molecule has 0 saturated heterocycles. The number of amides is 1. The molecule has 1 aromatic carbocycles. The van der Waals surface area contributed by atoms with Crippen LogP contribution in [0.5, 0.6) is 5.75 Å². The average molecular weight is 379 g/mol. The largest absolute Gasteiger partial charge is 0.435 e. The Morgan fingerprint density at radius 1 is 1.23 bits per heavy atom. The van der Waals surface area contributed by atoms with E-state index >= 15 is 0 Å². The summed E-state index contributed by atoms with van der Waals surface area (Å²) in [7, 11) is 0. The fourth-order valence-electron chi connectivity index (χ4n) is 2.22. The van der Waals surface area contributed by atoms with Gasteiger partial charge >= 0.3 is 6.61 Å². The van der Waals surface area contributed by atoms with Crippen LogP contribution in [-0.4, -0.2) is 22.5 Å². The number of rotatable bonds is 5. The second-order valence-corrected chi connectivity index (χ2v) is 6.35. The SMILES string of the molecule is Cc1sc(NC(=O)c2ccnc(F)c2)nc1-c1ccc(OC(F)F)cc1. The molecule has 0 fully saturated rings. The number of alkyl halides is 2. The number of aromatic nitrogens is 2. The van der Waals surface area contributed by atoms with E-state index in [0.717, 1.165) is 10.9 Å². The molecule has 2 heterocycles. The highest BCUT2D eigenvalue weighted by Gasteiger charge is 2.14. The number of hydrogen-bond acceptors (Lipinski definition) is 5. The van der Waals surface area contributed by atoms with E-state index in [9.17, 15) is 18.0 Å². The van der Waals surface area contributed by atoms with Crippen LogP contribution in [0.1, 0.15) is 15.2 Å². The summed E-state index contributed by atoms with van der Waals surface area (Å²) in [5.41, 5.74) is 1.42. The van der Waals surface area contributed by atoms with Crippen molar-refractivity contribution in [2.75, 3.05) is 5.32 Å². The van der Waals surface area contributed by atoms with Gasteiger partial charge in [0.2, 0.25) is 5.95 Å². The molecule has 9 heteroatoms. The summed E-state index contributed by atoms with van der Waals surface area (Å²) in [5.74, 6) is -1.21. The zero-order valence-electron chi connectivity index (χ0n) is 13.4. The minimum absolute atomic E-state index is 0.0462. The van der Waals surface area contributed by atoms with Crippen LogP contribution in [-0.2, 0) is 0 Å². The van der Waals surface area contributed by atoms with Crippen molar-refractivity contribution in [3.8, 4) is 17.0 Å². The van der Waals surface area contributed by atoms with Crippen LogP contribution >= 0.6 is 11.3 Å². The van der Waals surface area contributed by atoms with Crippen molar-refractivity contribution < 1.29 is 22.7 Å². The predicted octanol–water partition coefficient (Wildman–Crippen LogP) is 4.51. The van der Waals surface area contributed by atoms with Crippen LogP contribution in [0.3, 0.4) is 0 Å². The quantitative estimate of drug-likeness (QED) is 0.663. The van der Waals surface area contributed by atoms with Crippen LogP contribution in [0, 0.1) is 12.9 Å². The van der Waals surface area contributed by atoms with Gasteiger partial charge in [-0.25, -0.2) is 9.97 Å². The van der Waals surface area contributed by atoms with Crippen LogP contribution in [0.25, 0.3) is 11.3 Å². The Hall–Kier alpha value is -2.94. The van der Waals surface area contributed by atoms with E-state index in [1.807, 2.05) is 6.92 Å². The lowest BCUT2D eigenvalue weighted by atomic mass is 10.1. The lowest BCUT2D eigenvalue weighted by Crippen LogP contribution is -2.12. The first-order chi connectivity index (χ1) is 12.4. The molecule has 0 aliphatic heterocycles. The molecular formula is C17H12F3N3O2S. The van der Waals surface area contributed by atoms with Gasteiger partial charge in [0.25, 0.3) is 5.91 Å². The highest BCUT2D eigenvalue weighted by atomic mass is 32.1.